The molecule has 0 amide bonds. The molecule has 0 aliphatic rings. The Bertz CT molecular complexity index is 586. The van der Waals surface area contributed by atoms with Gasteiger partial charge < -0.3 is 5.73 Å². The van der Waals surface area contributed by atoms with Gasteiger partial charge in [0.1, 0.15) is 0 Å². The van der Waals surface area contributed by atoms with Crippen molar-refractivity contribution in [2.45, 2.75) is 9.79 Å². The molecule has 0 spiro atoms. The van der Waals surface area contributed by atoms with Gasteiger partial charge in [-0.1, -0.05) is 17.7 Å². The summed E-state index contributed by atoms with van der Waals surface area (Å²) < 4.78 is 1.64. The Morgan fingerprint density at radius 1 is 1.28 bits per heavy atom. The van der Waals surface area contributed by atoms with Crippen LogP contribution in [0.25, 0.3) is 11.3 Å². The number of nitrogens with two attached hydrogens (primary N) is 1. The van der Waals surface area contributed by atoms with Crippen molar-refractivity contribution in [2.75, 3.05) is 5.73 Å². The number of hydrogen-bond donors (Lipinski definition) is 1. The van der Waals surface area contributed by atoms with Crippen LogP contribution in [0.15, 0.2) is 28.0 Å². The van der Waals surface area contributed by atoms with E-state index in [4.69, 9.17) is 38.7 Å². The first kappa shape index (κ1) is 14.2. The van der Waals surface area contributed by atoms with Crippen LogP contribution in [0.4, 0.5) is 5.69 Å². The van der Waals surface area contributed by atoms with Gasteiger partial charge in [-0.2, -0.15) is 5.10 Å². The maximum atomic E-state index is 5.93. The Morgan fingerprint density at radius 3 is 2.50 bits per heavy atom. The molecular weight excluding hydrogens is 333 g/mol. The summed E-state index contributed by atoms with van der Waals surface area (Å²) in [6.07, 6.45) is 0. The van der Waals surface area contributed by atoms with E-state index in [1.165, 1.54) is 0 Å². The number of rotatable bonds is 3. The molecule has 1 heterocycles. The van der Waals surface area contributed by atoms with Crippen molar-refractivity contribution in [2.24, 2.45) is 7.05 Å². The molecule has 96 valence electrons. The second-order valence-electron chi connectivity index (χ2n) is 3.49. The molecule has 3 nitrogen and oxygen atoms in total. The van der Waals surface area contributed by atoms with Gasteiger partial charge in [-0.25, -0.2) is 0 Å². The number of aryl methyl sites for hydroxylation is 1. The quantitative estimate of drug-likeness (QED) is 0.870. The van der Waals surface area contributed by atoms with Crippen LogP contribution in [-0.4, -0.2) is 9.78 Å². The molecule has 0 unspecified atom stereocenters. The van der Waals surface area contributed by atoms with Crippen LogP contribution >= 0.6 is 54.9 Å². The number of nitrogens with zero attached hydrogens (tertiary/aromatic N) is 2. The summed E-state index contributed by atoms with van der Waals surface area (Å²) in [5.41, 5.74) is 8.00. The topological polar surface area (TPSA) is 43.8 Å². The first-order chi connectivity index (χ1) is 8.58. The van der Waals surface area contributed by atoms with Crippen molar-refractivity contribution in [3.05, 3.63) is 23.4 Å². The molecule has 0 radical (unpaired) electrons. The highest BCUT2D eigenvalue weighted by Gasteiger charge is 2.17. The molecule has 0 aliphatic carbocycles. The second kappa shape index (κ2) is 5.84. The lowest BCUT2D eigenvalue weighted by molar-refractivity contribution is 0.775. The molecule has 2 N–H and O–H groups in total. The first-order valence-electron chi connectivity index (χ1n) is 4.78. The lowest BCUT2D eigenvalue weighted by Gasteiger charge is -2.09. The van der Waals surface area contributed by atoms with Crippen LogP contribution in [0.1, 0.15) is 0 Å². The zero-order valence-corrected chi connectivity index (χ0v) is 13.1. The van der Waals surface area contributed by atoms with E-state index in [0.717, 1.165) is 43.0 Å². The van der Waals surface area contributed by atoms with Crippen LogP contribution < -0.4 is 5.73 Å². The monoisotopic (exact) mass is 339 g/mol. The first-order valence-corrected chi connectivity index (χ1v) is 8.44. The normalized spacial score (nSPS) is 10.9. The van der Waals surface area contributed by atoms with Crippen LogP contribution in [0, 0.1) is 0 Å². The number of aromatic nitrogens is 2. The van der Waals surface area contributed by atoms with Crippen molar-refractivity contribution >= 4 is 60.6 Å². The van der Waals surface area contributed by atoms with E-state index in [1.54, 1.807) is 11.7 Å². The smallest absolute Gasteiger partial charge is 0.174 e. The Hall–Kier alpha value is -0.200. The number of benzene rings is 1. The summed E-state index contributed by atoms with van der Waals surface area (Å²) in [6.45, 7) is 0. The molecule has 18 heavy (non-hydrogen) atoms. The Morgan fingerprint density at radius 2 is 2.00 bits per heavy atom. The van der Waals surface area contributed by atoms with Crippen molar-refractivity contribution in [1.29, 1.82) is 0 Å². The highest BCUT2D eigenvalue weighted by Crippen LogP contribution is 2.40. The molecule has 1 aromatic carbocycles. The summed E-state index contributed by atoms with van der Waals surface area (Å²) in [5, 5.41) is 4.36. The fourth-order valence-electron chi connectivity index (χ4n) is 1.64. The lowest BCUT2D eigenvalue weighted by Crippen LogP contribution is -1.97. The molecule has 2 aromatic rings. The maximum absolute atomic E-state index is 5.93. The largest absolute Gasteiger partial charge is 0.394 e. The Labute approximate surface area is 127 Å². The molecule has 0 saturated carbocycles. The third-order valence-electron chi connectivity index (χ3n) is 2.42. The summed E-state index contributed by atoms with van der Waals surface area (Å²) in [6, 6.07) is 5.69. The zero-order valence-electron chi connectivity index (χ0n) is 9.15. The van der Waals surface area contributed by atoms with Crippen molar-refractivity contribution < 1.29 is 0 Å². The number of hydrogen-bond acceptors (Lipinski definition) is 4. The maximum Gasteiger partial charge on any atom is 0.174 e. The molecule has 0 aliphatic heterocycles. The van der Waals surface area contributed by atoms with Crippen LogP contribution in [0.2, 0.25) is 5.15 Å². The third-order valence-corrected chi connectivity index (χ3v) is 4.67. The van der Waals surface area contributed by atoms with Gasteiger partial charge in [0.2, 0.25) is 0 Å². The molecule has 8 heteroatoms. The van der Waals surface area contributed by atoms with Gasteiger partial charge in [-0.3, -0.25) is 4.68 Å². The lowest BCUT2D eigenvalue weighted by atomic mass is 10.1. The van der Waals surface area contributed by atoms with E-state index in [1.807, 2.05) is 18.2 Å². The van der Waals surface area contributed by atoms with E-state index in [-0.39, 0.29) is 5.15 Å². The zero-order chi connectivity index (χ0) is 13.3. The van der Waals surface area contributed by atoms with E-state index >= 15 is 0 Å². The molecule has 0 saturated heterocycles. The summed E-state index contributed by atoms with van der Waals surface area (Å²) in [4.78, 5) is 1.77. The predicted octanol–water partition coefficient (Wildman–Crippen LogP) is 4.81. The number of nitrogen functional groups attached to an aromatic ring is 1. The van der Waals surface area contributed by atoms with Crippen molar-refractivity contribution in [1.82, 2.24) is 9.78 Å². The molecule has 1 aromatic heterocycles. The SMILES string of the molecule is Cn1nc(Cl)c(N)c1-c1ccc(SCl)cc1SCl. The van der Waals surface area contributed by atoms with E-state index in [0.29, 0.717) is 5.69 Å². The summed E-state index contributed by atoms with van der Waals surface area (Å²) in [5.74, 6) is 0. The molecule has 0 atom stereocenters. The average molecular weight is 341 g/mol. The minimum Gasteiger partial charge on any atom is -0.394 e. The fourth-order valence-corrected chi connectivity index (χ4v) is 3.29. The van der Waals surface area contributed by atoms with Gasteiger partial charge in [0.15, 0.2) is 5.15 Å². The Kier molecular flexibility index (Phi) is 4.61. The minimum absolute atomic E-state index is 0.286. The van der Waals surface area contributed by atoms with Gasteiger partial charge in [0, 0.05) is 22.4 Å². The molecule has 0 bridgehead atoms. The van der Waals surface area contributed by atoms with Crippen LogP contribution in [-0.2, 0) is 7.05 Å². The summed E-state index contributed by atoms with van der Waals surface area (Å²) in [7, 11) is 15.6. The van der Waals surface area contributed by atoms with E-state index in [9.17, 15) is 0 Å². The van der Waals surface area contributed by atoms with Gasteiger partial charge in [0.25, 0.3) is 0 Å². The van der Waals surface area contributed by atoms with Crippen LogP contribution in [0.3, 0.4) is 0 Å². The van der Waals surface area contributed by atoms with Crippen molar-refractivity contribution in [3.8, 4) is 11.3 Å². The Balaban J connectivity index is 2.63. The fraction of sp³-hybridized carbons (Fsp3) is 0.100. The standard InChI is InChI=1S/C10H8Cl3N3S2/c1-16-9(8(14)10(11)15-16)6-3-2-5(17-12)4-7(6)18-13/h2-4H,14H2,1H3. The minimum atomic E-state index is 0.286. The average Bonchev–Trinajstić information content (AvgIpc) is 2.62. The van der Waals surface area contributed by atoms with Gasteiger partial charge in [0.05, 0.1) is 11.4 Å². The van der Waals surface area contributed by atoms with Gasteiger partial charge in [-0.15, -0.1) is 0 Å². The van der Waals surface area contributed by atoms with Gasteiger partial charge in [-0.05, 0) is 55.4 Å². The van der Waals surface area contributed by atoms with Crippen molar-refractivity contribution in [3.63, 3.8) is 0 Å². The summed E-state index contributed by atoms with van der Waals surface area (Å²) >= 11 is 5.92. The van der Waals surface area contributed by atoms with E-state index in [2.05, 4.69) is 5.10 Å². The molecule has 0 fully saturated rings. The molecule has 2 rings (SSSR count). The van der Waals surface area contributed by atoms with E-state index < -0.39 is 0 Å². The predicted molar refractivity (Wildman–Crippen MR) is 81.5 cm³/mol. The highest BCUT2D eigenvalue weighted by atomic mass is 35.7. The van der Waals surface area contributed by atoms with Gasteiger partial charge >= 0.3 is 0 Å². The molecular formula is C10H8Cl3N3S2. The second-order valence-corrected chi connectivity index (χ2v) is 5.99. The third kappa shape index (κ3) is 2.56. The number of halogens is 3. The van der Waals surface area contributed by atoms with Crippen LogP contribution in [0.5, 0.6) is 0 Å². The number of anilines is 1. The highest BCUT2D eigenvalue weighted by molar-refractivity contribution is 8.21.